The number of hydrogen-bond acceptors (Lipinski definition) is 3. The molecule has 5 heteroatoms. The molecule has 0 heterocycles. The van der Waals surface area contributed by atoms with Gasteiger partial charge >= 0.3 is 0 Å². The van der Waals surface area contributed by atoms with Crippen LogP contribution in [-0.2, 0) is 22.6 Å². The molecule has 1 aliphatic carbocycles. The first kappa shape index (κ1) is 27.4. The van der Waals surface area contributed by atoms with Gasteiger partial charge in [0.2, 0.25) is 5.91 Å². The van der Waals surface area contributed by atoms with Gasteiger partial charge in [-0.3, -0.25) is 9.59 Å². The van der Waals surface area contributed by atoms with Crippen molar-refractivity contribution in [3.8, 4) is 5.75 Å². The highest BCUT2D eigenvalue weighted by molar-refractivity contribution is 5.88. The van der Waals surface area contributed by atoms with E-state index in [4.69, 9.17) is 4.74 Å². The molecule has 3 aromatic carbocycles. The first-order valence-electron chi connectivity index (χ1n) is 13.7. The van der Waals surface area contributed by atoms with Gasteiger partial charge in [0.05, 0.1) is 0 Å². The minimum atomic E-state index is -0.644. The van der Waals surface area contributed by atoms with E-state index in [9.17, 15) is 9.59 Å². The van der Waals surface area contributed by atoms with Crippen LogP contribution in [-0.4, -0.2) is 35.4 Å². The van der Waals surface area contributed by atoms with Gasteiger partial charge in [0.1, 0.15) is 11.8 Å². The van der Waals surface area contributed by atoms with E-state index in [0.717, 1.165) is 59.1 Å². The molecule has 1 N–H and O–H groups in total. The SMILES string of the molecule is Cc1cccc(CN(C(=O)COc2cc(C)cc(C)c2C)C(Cc2ccccc2)C(=O)NC2CCCC2)c1. The molecule has 0 bridgehead atoms. The monoisotopic (exact) mass is 512 g/mol. The lowest BCUT2D eigenvalue weighted by atomic mass is 10.0. The number of nitrogens with zero attached hydrogens (tertiary/aromatic N) is 1. The molecule has 3 aromatic rings. The summed E-state index contributed by atoms with van der Waals surface area (Å²) in [4.78, 5) is 29.4. The van der Waals surface area contributed by atoms with Crippen molar-refractivity contribution in [1.82, 2.24) is 10.2 Å². The number of benzene rings is 3. The number of nitrogens with one attached hydrogen (secondary N) is 1. The maximum Gasteiger partial charge on any atom is 0.261 e. The summed E-state index contributed by atoms with van der Waals surface area (Å²) in [5, 5.41) is 3.26. The van der Waals surface area contributed by atoms with Gasteiger partial charge in [0.15, 0.2) is 6.61 Å². The van der Waals surface area contributed by atoms with Crippen LogP contribution in [0.1, 0.15) is 59.1 Å². The Morgan fingerprint density at radius 3 is 2.32 bits per heavy atom. The molecule has 2 amide bonds. The van der Waals surface area contributed by atoms with Crippen LogP contribution in [0, 0.1) is 27.7 Å². The van der Waals surface area contributed by atoms with Crippen LogP contribution in [0.2, 0.25) is 0 Å². The molecular weight excluding hydrogens is 472 g/mol. The van der Waals surface area contributed by atoms with Crippen LogP contribution in [0.5, 0.6) is 5.75 Å². The Morgan fingerprint density at radius 1 is 0.895 bits per heavy atom. The van der Waals surface area contributed by atoms with Crippen molar-refractivity contribution in [2.45, 2.75) is 78.4 Å². The van der Waals surface area contributed by atoms with E-state index in [-0.39, 0.29) is 24.5 Å². The molecule has 0 aliphatic heterocycles. The first-order valence-corrected chi connectivity index (χ1v) is 13.7. The van der Waals surface area contributed by atoms with Gasteiger partial charge < -0.3 is 15.0 Å². The molecule has 0 aromatic heterocycles. The first-order chi connectivity index (χ1) is 18.3. The summed E-state index contributed by atoms with van der Waals surface area (Å²) in [6.07, 6.45) is 4.68. The molecule has 0 radical (unpaired) electrons. The molecular formula is C33H40N2O3. The van der Waals surface area contributed by atoms with E-state index >= 15 is 0 Å². The molecule has 0 saturated heterocycles. The van der Waals surface area contributed by atoms with E-state index < -0.39 is 6.04 Å². The Hall–Kier alpha value is -3.60. The van der Waals surface area contributed by atoms with Crippen LogP contribution >= 0.6 is 0 Å². The summed E-state index contributed by atoms with van der Waals surface area (Å²) >= 11 is 0. The molecule has 1 atom stereocenters. The Labute approximate surface area is 227 Å². The second kappa shape index (κ2) is 12.8. The summed E-state index contributed by atoms with van der Waals surface area (Å²) < 4.78 is 6.09. The van der Waals surface area contributed by atoms with Crippen LogP contribution < -0.4 is 10.1 Å². The average Bonchev–Trinajstić information content (AvgIpc) is 3.41. The average molecular weight is 513 g/mol. The van der Waals surface area contributed by atoms with Gasteiger partial charge in [-0.2, -0.15) is 0 Å². The van der Waals surface area contributed by atoms with E-state index in [1.165, 1.54) is 0 Å². The minimum absolute atomic E-state index is 0.0932. The number of aryl methyl sites for hydroxylation is 3. The lowest BCUT2D eigenvalue weighted by molar-refractivity contribution is -0.143. The highest BCUT2D eigenvalue weighted by Gasteiger charge is 2.32. The summed E-state index contributed by atoms with van der Waals surface area (Å²) in [6.45, 7) is 8.32. The quantitative estimate of drug-likeness (QED) is 0.363. The van der Waals surface area contributed by atoms with Crippen molar-refractivity contribution in [3.05, 3.63) is 100 Å². The van der Waals surface area contributed by atoms with Crippen LogP contribution in [0.25, 0.3) is 0 Å². The van der Waals surface area contributed by atoms with E-state index in [1.807, 2.05) is 82.3 Å². The van der Waals surface area contributed by atoms with Gasteiger partial charge in [0.25, 0.3) is 5.91 Å². The third-order valence-electron chi connectivity index (χ3n) is 7.52. The number of hydrogen-bond donors (Lipinski definition) is 1. The summed E-state index contributed by atoms with van der Waals surface area (Å²) in [5.41, 5.74) is 6.37. The standard InChI is InChI=1S/C33H40N2O3/c1-23-11-10-14-28(18-23)21-35(32(36)22-38-31-19-24(2)17-25(3)26(31)4)30(20-27-12-6-5-7-13-27)33(37)34-29-15-8-9-16-29/h5-7,10-14,17-19,29-30H,8-9,15-16,20-22H2,1-4H3,(H,34,37). The molecule has 1 saturated carbocycles. The van der Waals surface area contributed by atoms with Crippen molar-refractivity contribution in [2.24, 2.45) is 0 Å². The fourth-order valence-electron chi connectivity index (χ4n) is 5.30. The van der Waals surface area contributed by atoms with Crippen molar-refractivity contribution in [2.75, 3.05) is 6.61 Å². The van der Waals surface area contributed by atoms with Crippen molar-refractivity contribution in [3.63, 3.8) is 0 Å². The Kier molecular flexibility index (Phi) is 9.22. The zero-order chi connectivity index (χ0) is 27.1. The van der Waals surface area contributed by atoms with Gasteiger partial charge in [-0.1, -0.05) is 79.1 Å². The number of rotatable bonds is 10. The Bertz CT molecular complexity index is 1250. The molecule has 1 unspecified atom stereocenters. The van der Waals surface area contributed by atoms with Crippen molar-refractivity contribution < 1.29 is 14.3 Å². The molecule has 5 nitrogen and oxygen atoms in total. The lowest BCUT2D eigenvalue weighted by Gasteiger charge is -2.32. The lowest BCUT2D eigenvalue weighted by Crippen LogP contribution is -2.53. The molecule has 200 valence electrons. The fourth-order valence-corrected chi connectivity index (χ4v) is 5.30. The van der Waals surface area contributed by atoms with Crippen LogP contribution in [0.3, 0.4) is 0 Å². The van der Waals surface area contributed by atoms with Gasteiger partial charge in [-0.05, 0) is 74.4 Å². The topological polar surface area (TPSA) is 58.6 Å². The zero-order valence-corrected chi connectivity index (χ0v) is 23.1. The normalized spacial score (nSPS) is 14.2. The van der Waals surface area contributed by atoms with Gasteiger partial charge in [-0.25, -0.2) is 0 Å². The summed E-state index contributed by atoms with van der Waals surface area (Å²) in [6, 6.07) is 21.7. The largest absolute Gasteiger partial charge is 0.483 e. The highest BCUT2D eigenvalue weighted by atomic mass is 16.5. The van der Waals surface area contributed by atoms with Crippen LogP contribution in [0.4, 0.5) is 0 Å². The number of carbonyl (C=O) groups excluding carboxylic acids is 2. The molecule has 0 spiro atoms. The molecule has 4 rings (SSSR count). The van der Waals surface area contributed by atoms with E-state index in [1.54, 1.807) is 4.90 Å². The second-order valence-corrected chi connectivity index (χ2v) is 10.7. The van der Waals surface area contributed by atoms with Crippen molar-refractivity contribution >= 4 is 11.8 Å². The third kappa shape index (κ3) is 7.25. The Morgan fingerprint density at radius 2 is 1.61 bits per heavy atom. The predicted octanol–water partition coefficient (Wildman–Crippen LogP) is 6.00. The van der Waals surface area contributed by atoms with Gasteiger partial charge in [0, 0.05) is 19.0 Å². The summed E-state index contributed by atoms with van der Waals surface area (Å²) in [7, 11) is 0. The maximum atomic E-state index is 13.9. The van der Waals surface area contributed by atoms with E-state index in [2.05, 4.69) is 17.4 Å². The molecule has 1 fully saturated rings. The number of carbonyl (C=O) groups is 2. The minimum Gasteiger partial charge on any atom is -0.483 e. The van der Waals surface area contributed by atoms with Gasteiger partial charge in [-0.15, -0.1) is 0 Å². The highest BCUT2D eigenvalue weighted by Crippen LogP contribution is 2.24. The third-order valence-corrected chi connectivity index (χ3v) is 7.52. The number of amides is 2. The number of ether oxygens (including phenoxy) is 1. The zero-order valence-electron chi connectivity index (χ0n) is 23.1. The predicted molar refractivity (Wildman–Crippen MR) is 152 cm³/mol. The fraction of sp³-hybridized carbons (Fsp3) is 0.394. The van der Waals surface area contributed by atoms with Crippen LogP contribution in [0.15, 0.2) is 66.7 Å². The van der Waals surface area contributed by atoms with Crippen molar-refractivity contribution in [1.29, 1.82) is 0 Å². The molecule has 1 aliphatic rings. The second-order valence-electron chi connectivity index (χ2n) is 10.7. The maximum absolute atomic E-state index is 13.9. The smallest absolute Gasteiger partial charge is 0.261 e. The molecule has 38 heavy (non-hydrogen) atoms. The Balaban J connectivity index is 1.63. The van der Waals surface area contributed by atoms with E-state index in [0.29, 0.717) is 18.7 Å². The summed E-state index contributed by atoms with van der Waals surface area (Å²) in [5.74, 6) is 0.415.